The fourth-order valence-electron chi connectivity index (χ4n) is 1.12. The van der Waals surface area contributed by atoms with Crippen molar-refractivity contribution in [2.75, 3.05) is 5.33 Å². The standard InChI is InChI=1S/C9H9BrF3N/c1-6(5-10)8-7(9(11,12)13)3-2-4-14-8/h2-4,6H,5H2,1H3. The van der Waals surface area contributed by atoms with Crippen LogP contribution in [0.15, 0.2) is 18.3 Å². The Morgan fingerprint density at radius 2 is 2.14 bits per heavy atom. The van der Waals surface area contributed by atoms with Gasteiger partial charge in [0.05, 0.1) is 11.3 Å². The fraction of sp³-hybridized carbons (Fsp3) is 0.444. The zero-order valence-electron chi connectivity index (χ0n) is 7.48. The van der Waals surface area contributed by atoms with Crippen molar-refractivity contribution in [1.82, 2.24) is 4.98 Å². The summed E-state index contributed by atoms with van der Waals surface area (Å²) in [5.74, 6) is -0.243. The molecule has 0 bridgehead atoms. The van der Waals surface area contributed by atoms with Crippen LogP contribution in [0.2, 0.25) is 0 Å². The summed E-state index contributed by atoms with van der Waals surface area (Å²) in [6, 6.07) is 2.36. The van der Waals surface area contributed by atoms with Crippen molar-refractivity contribution in [3.63, 3.8) is 0 Å². The summed E-state index contributed by atoms with van der Waals surface area (Å²) < 4.78 is 37.5. The van der Waals surface area contributed by atoms with Crippen LogP contribution in [0, 0.1) is 0 Å². The van der Waals surface area contributed by atoms with Gasteiger partial charge in [-0.1, -0.05) is 22.9 Å². The van der Waals surface area contributed by atoms with Gasteiger partial charge in [0, 0.05) is 17.4 Å². The lowest BCUT2D eigenvalue weighted by molar-refractivity contribution is -0.138. The van der Waals surface area contributed by atoms with Crippen LogP contribution in [0.5, 0.6) is 0 Å². The smallest absolute Gasteiger partial charge is 0.260 e. The van der Waals surface area contributed by atoms with Gasteiger partial charge in [0.15, 0.2) is 0 Å². The van der Waals surface area contributed by atoms with Crippen LogP contribution < -0.4 is 0 Å². The molecular weight excluding hydrogens is 259 g/mol. The molecule has 1 atom stereocenters. The van der Waals surface area contributed by atoms with Gasteiger partial charge in [-0.05, 0) is 12.1 Å². The summed E-state index contributed by atoms with van der Waals surface area (Å²) in [7, 11) is 0. The minimum atomic E-state index is -4.32. The third kappa shape index (κ3) is 2.47. The molecule has 1 rings (SSSR count). The highest BCUT2D eigenvalue weighted by atomic mass is 79.9. The molecule has 1 aromatic heterocycles. The van der Waals surface area contributed by atoms with Gasteiger partial charge in [-0.25, -0.2) is 0 Å². The highest BCUT2D eigenvalue weighted by Gasteiger charge is 2.34. The molecule has 0 aliphatic heterocycles. The Morgan fingerprint density at radius 3 is 2.64 bits per heavy atom. The van der Waals surface area contributed by atoms with E-state index in [9.17, 15) is 13.2 Å². The molecule has 0 aliphatic carbocycles. The molecule has 0 aliphatic rings. The van der Waals surface area contributed by atoms with Gasteiger partial charge < -0.3 is 0 Å². The van der Waals surface area contributed by atoms with Gasteiger partial charge in [0.25, 0.3) is 0 Å². The summed E-state index contributed by atoms with van der Waals surface area (Å²) in [6.07, 6.45) is -2.94. The van der Waals surface area contributed by atoms with Gasteiger partial charge in [-0.3, -0.25) is 4.98 Å². The third-order valence-electron chi connectivity index (χ3n) is 1.84. The largest absolute Gasteiger partial charge is 0.418 e. The first kappa shape index (κ1) is 11.5. The number of rotatable bonds is 2. The first-order chi connectivity index (χ1) is 6.46. The van der Waals surface area contributed by atoms with Crippen molar-refractivity contribution >= 4 is 15.9 Å². The maximum atomic E-state index is 12.5. The van der Waals surface area contributed by atoms with Crippen molar-refractivity contribution in [3.8, 4) is 0 Å². The molecule has 0 radical (unpaired) electrons. The molecular formula is C9H9BrF3N. The second-order valence-corrected chi connectivity index (χ2v) is 3.64. The van der Waals surface area contributed by atoms with Crippen molar-refractivity contribution in [3.05, 3.63) is 29.6 Å². The molecule has 5 heteroatoms. The van der Waals surface area contributed by atoms with Gasteiger partial charge >= 0.3 is 6.18 Å². The Bertz CT molecular complexity index is 311. The van der Waals surface area contributed by atoms with E-state index in [0.717, 1.165) is 6.07 Å². The first-order valence-electron chi connectivity index (χ1n) is 4.05. The zero-order valence-corrected chi connectivity index (χ0v) is 9.06. The molecule has 0 fully saturated rings. The highest BCUT2D eigenvalue weighted by molar-refractivity contribution is 9.09. The molecule has 14 heavy (non-hydrogen) atoms. The van der Waals surface area contributed by atoms with Crippen LogP contribution in [0.4, 0.5) is 13.2 Å². The second-order valence-electron chi connectivity index (χ2n) is 2.99. The lowest BCUT2D eigenvalue weighted by Crippen LogP contribution is -2.13. The number of nitrogens with zero attached hydrogens (tertiary/aromatic N) is 1. The van der Waals surface area contributed by atoms with E-state index < -0.39 is 11.7 Å². The van der Waals surface area contributed by atoms with Crippen LogP contribution >= 0.6 is 15.9 Å². The Morgan fingerprint density at radius 1 is 1.50 bits per heavy atom. The molecule has 0 saturated heterocycles. The molecule has 1 aromatic rings. The Kier molecular flexibility index (Phi) is 3.53. The fourth-order valence-corrected chi connectivity index (χ4v) is 1.43. The number of halogens is 4. The van der Waals surface area contributed by atoms with E-state index in [1.807, 2.05) is 0 Å². The van der Waals surface area contributed by atoms with E-state index in [2.05, 4.69) is 20.9 Å². The van der Waals surface area contributed by atoms with Crippen LogP contribution in [0.25, 0.3) is 0 Å². The predicted molar refractivity (Wildman–Crippen MR) is 51.4 cm³/mol. The summed E-state index contributed by atoms with van der Waals surface area (Å²) in [5, 5.41) is 0.465. The van der Waals surface area contributed by atoms with E-state index in [1.54, 1.807) is 6.92 Å². The van der Waals surface area contributed by atoms with Crippen LogP contribution in [0.1, 0.15) is 24.1 Å². The van der Waals surface area contributed by atoms with E-state index in [0.29, 0.717) is 5.33 Å². The van der Waals surface area contributed by atoms with Crippen LogP contribution in [0.3, 0.4) is 0 Å². The topological polar surface area (TPSA) is 12.9 Å². The third-order valence-corrected chi connectivity index (χ3v) is 2.81. The lowest BCUT2D eigenvalue weighted by Gasteiger charge is -2.14. The molecule has 0 aromatic carbocycles. The SMILES string of the molecule is CC(CBr)c1ncccc1C(F)(F)F. The molecule has 1 heterocycles. The first-order valence-corrected chi connectivity index (χ1v) is 5.17. The highest BCUT2D eigenvalue weighted by Crippen LogP contribution is 2.34. The molecule has 0 amide bonds. The maximum Gasteiger partial charge on any atom is 0.418 e. The van der Waals surface area contributed by atoms with Gasteiger partial charge in [-0.2, -0.15) is 13.2 Å². The average Bonchev–Trinajstić information content (AvgIpc) is 2.15. The number of hydrogen-bond acceptors (Lipinski definition) is 1. The monoisotopic (exact) mass is 267 g/mol. The molecule has 0 spiro atoms. The van der Waals surface area contributed by atoms with E-state index in [1.165, 1.54) is 12.3 Å². The van der Waals surface area contributed by atoms with Crippen LogP contribution in [-0.4, -0.2) is 10.3 Å². The van der Waals surface area contributed by atoms with E-state index in [-0.39, 0.29) is 11.6 Å². The predicted octanol–water partition coefficient (Wildman–Crippen LogP) is 3.60. The summed E-state index contributed by atoms with van der Waals surface area (Å²) in [4.78, 5) is 3.77. The molecule has 1 nitrogen and oxygen atoms in total. The Labute approximate surface area is 88.5 Å². The van der Waals surface area contributed by atoms with Crippen LogP contribution in [-0.2, 0) is 6.18 Å². The average molecular weight is 268 g/mol. The zero-order chi connectivity index (χ0) is 10.8. The van der Waals surface area contributed by atoms with Crippen molar-refractivity contribution in [2.45, 2.75) is 19.0 Å². The maximum absolute atomic E-state index is 12.5. The number of alkyl halides is 4. The number of aromatic nitrogens is 1. The van der Waals surface area contributed by atoms with Crippen molar-refractivity contribution in [1.29, 1.82) is 0 Å². The lowest BCUT2D eigenvalue weighted by atomic mass is 10.0. The molecule has 0 N–H and O–H groups in total. The minimum Gasteiger partial charge on any atom is -0.260 e. The van der Waals surface area contributed by atoms with Gasteiger partial charge in [0.2, 0.25) is 0 Å². The summed E-state index contributed by atoms with van der Waals surface area (Å²) in [6.45, 7) is 1.70. The second kappa shape index (κ2) is 4.29. The number of pyridine rings is 1. The number of hydrogen-bond donors (Lipinski definition) is 0. The Balaban J connectivity index is 3.16. The molecule has 0 saturated carbocycles. The Hall–Kier alpha value is -0.580. The minimum absolute atomic E-state index is 0.0943. The van der Waals surface area contributed by atoms with Gasteiger partial charge in [-0.15, -0.1) is 0 Å². The normalized spacial score (nSPS) is 14.1. The summed E-state index contributed by atoms with van der Waals surface area (Å²) in [5.41, 5.74) is -0.552. The summed E-state index contributed by atoms with van der Waals surface area (Å²) >= 11 is 3.15. The van der Waals surface area contributed by atoms with Crippen molar-refractivity contribution in [2.24, 2.45) is 0 Å². The molecule has 78 valence electrons. The van der Waals surface area contributed by atoms with E-state index >= 15 is 0 Å². The van der Waals surface area contributed by atoms with Gasteiger partial charge in [0.1, 0.15) is 0 Å². The van der Waals surface area contributed by atoms with Crippen molar-refractivity contribution < 1.29 is 13.2 Å². The molecule has 1 unspecified atom stereocenters. The quantitative estimate of drug-likeness (QED) is 0.747. The van der Waals surface area contributed by atoms with E-state index in [4.69, 9.17) is 0 Å².